The van der Waals surface area contributed by atoms with E-state index in [2.05, 4.69) is 15.6 Å². The Kier molecular flexibility index (Phi) is 5.51. The van der Waals surface area contributed by atoms with Crippen molar-refractivity contribution in [3.8, 4) is 5.75 Å². The van der Waals surface area contributed by atoms with Crippen molar-refractivity contribution in [2.45, 2.75) is 19.9 Å². The van der Waals surface area contributed by atoms with Gasteiger partial charge in [-0.15, -0.1) is 0 Å². The molecule has 0 bridgehead atoms. The summed E-state index contributed by atoms with van der Waals surface area (Å²) in [4.78, 5) is 3.96. The van der Waals surface area contributed by atoms with Crippen LogP contribution in [0.5, 0.6) is 5.75 Å². The van der Waals surface area contributed by atoms with Gasteiger partial charge in [-0.1, -0.05) is 18.2 Å². The van der Waals surface area contributed by atoms with Gasteiger partial charge in [0.15, 0.2) is 5.11 Å². The Morgan fingerprint density at radius 2 is 1.95 bits per heavy atom. The molecule has 21 heavy (non-hydrogen) atoms. The second-order valence-corrected chi connectivity index (χ2v) is 5.22. The molecule has 0 aliphatic carbocycles. The maximum atomic E-state index is 5.79. The lowest BCUT2D eigenvalue weighted by Gasteiger charge is -2.18. The summed E-state index contributed by atoms with van der Waals surface area (Å²) in [6, 6.07) is 11.8. The van der Waals surface area contributed by atoms with Gasteiger partial charge in [-0.05, 0) is 49.8 Å². The molecule has 0 radical (unpaired) electrons. The third-order valence-corrected chi connectivity index (χ3v) is 3.12. The molecular formula is C16H19N3OS. The molecule has 0 amide bonds. The van der Waals surface area contributed by atoms with Crippen LogP contribution in [0.3, 0.4) is 0 Å². The molecule has 4 nitrogen and oxygen atoms in total. The minimum atomic E-state index is 0.103. The predicted molar refractivity (Wildman–Crippen MR) is 89.7 cm³/mol. The number of benzene rings is 1. The molecule has 1 aromatic carbocycles. The lowest BCUT2D eigenvalue weighted by atomic mass is 10.2. The van der Waals surface area contributed by atoms with E-state index in [1.165, 1.54) is 0 Å². The smallest absolute Gasteiger partial charge is 0.171 e. The number of nitrogens with zero attached hydrogens (tertiary/aromatic N) is 1. The first kappa shape index (κ1) is 15.3. The second kappa shape index (κ2) is 7.59. The van der Waals surface area contributed by atoms with E-state index >= 15 is 0 Å². The molecule has 2 rings (SSSR count). The molecule has 2 N–H and O–H groups in total. The van der Waals surface area contributed by atoms with Crippen LogP contribution in [0.2, 0.25) is 0 Å². The van der Waals surface area contributed by atoms with Crippen molar-refractivity contribution in [2.75, 3.05) is 11.9 Å². The SMILES string of the molecule is Cc1ccccc1OC[C@@H](C)NC(=S)Nc1ccncc1. The van der Waals surface area contributed by atoms with E-state index in [0.29, 0.717) is 11.7 Å². The highest BCUT2D eigenvalue weighted by atomic mass is 32.1. The summed E-state index contributed by atoms with van der Waals surface area (Å²) in [5, 5.41) is 6.87. The van der Waals surface area contributed by atoms with Crippen LogP contribution in [0.1, 0.15) is 12.5 Å². The van der Waals surface area contributed by atoms with Gasteiger partial charge in [-0.25, -0.2) is 0 Å². The highest BCUT2D eigenvalue weighted by Crippen LogP contribution is 2.16. The topological polar surface area (TPSA) is 46.2 Å². The molecule has 0 saturated carbocycles. The molecule has 0 aliphatic heterocycles. The first-order chi connectivity index (χ1) is 10.1. The standard InChI is InChI=1S/C16H19N3OS/c1-12-5-3-4-6-15(12)20-11-13(2)18-16(21)19-14-7-9-17-10-8-14/h3-10,13H,11H2,1-2H3,(H2,17,18,19,21)/t13-/m1/s1. The number of pyridine rings is 1. The molecule has 1 atom stereocenters. The lowest BCUT2D eigenvalue weighted by Crippen LogP contribution is -2.39. The second-order valence-electron chi connectivity index (χ2n) is 4.81. The maximum Gasteiger partial charge on any atom is 0.171 e. The summed E-state index contributed by atoms with van der Waals surface area (Å²) in [7, 11) is 0. The van der Waals surface area contributed by atoms with E-state index < -0.39 is 0 Å². The minimum absolute atomic E-state index is 0.103. The molecule has 1 aromatic heterocycles. The van der Waals surface area contributed by atoms with Crippen molar-refractivity contribution in [2.24, 2.45) is 0 Å². The van der Waals surface area contributed by atoms with Crippen molar-refractivity contribution < 1.29 is 4.74 Å². The average molecular weight is 301 g/mol. The summed E-state index contributed by atoms with van der Waals surface area (Å²) in [6.07, 6.45) is 3.44. The van der Waals surface area contributed by atoms with E-state index in [9.17, 15) is 0 Å². The number of thiocarbonyl (C=S) groups is 1. The quantitative estimate of drug-likeness (QED) is 0.831. The van der Waals surface area contributed by atoms with Gasteiger partial charge in [-0.2, -0.15) is 0 Å². The highest BCUT2D eigenvalue weighted by molar-refractivity contribution is 7.80. The normalized spacial score (nSPS) is 11.5. The zero-order valence-electron chi connectivity index (χ0n) is 12.2. The van der Waals surface area contributed by atoms with Crippen LogP contribution in [-0.4, -0.2) is 22.7 Å². The first-order valence-electron chi connectivity index (χ1n) is 6.81. The zero-order valence-corrected chi connectivity index (χ0v) is 13.0. The Morgan fingerprint density at radius 1 is 1.24 bits per heavy atom. The third-order valence-electron chi connectivity index (χ3n) is 2.90. The Hall–Kier alpha value is -2.14. The Bertz CT molecular complexity index is 589. The maximum absolute atomic E-state index is 5.79. The van der Waals surface area contributed by atoms with E-state index in [-0.39, 0.29) is 6.04 Å². The fourth-order valence-corrected chi connectivity index (χ4v) is 2.12. The molecule has 0 fully saturated rings. The van der Waals surface area contributed by atoms with Crippen LogP contribution in [0.15, 0.2) is 48.8 Å². The number of para-hydroxylation sites is 1. The third kappa shape index (κ3) is 5.04. The van der Waals surface area contributed by atoms with Gasteiger partial charge in [0.2, 0.25) is 0 Å². The van der Waals surface area contributed by atoms with E-state index in [4.69, 9.17) is 17.0 Å². The van der Waals surface area contributed by atoms with E-state index in [1.54, 1.807) is 12.4 Å². The zero-order chi connectivity index (χ0) is 15.1. The summed E-state index contributed by atoms with van der Waals surface area (Å²) in [5.41, 5.74) is 2.04. The van der Waals surface area contributed by atoms with Crippen LogP contribution < -0.4 is 15.4 Å². The van der Waals surface area contributed by atoms with Crippen LogP contribution in [-0.2, 0) is 0 Å². The molecule has 0 aliphatic rings. The predicted octanol–water partition coefficient (Wildman–Crippen LogP) is 3.14. The molecule has 1 heterocycles. The summed E-state index contributed by atoms with van der Waals surface area (Å²) < 4.78 is 5.79. The first-order valence-corrected chi connectivity index (χ1v) is 7.22. The molecule has 0 unspecified atom stereocenters. The summed E-state index contributed by atoms with van der Waals surface area (Å²) in [5.74, 6) is 0.902. The van der Waals surface area contributed by atoms with Gasteiger partial charge < -0.3 is 15.4 Å². The van der Waals surface area contributed by atoms with Gasteiger partial charge in [0.05, 0.1) is 6.04 Å². The van der Waals surface area contributed by atoms with Crippen molar-refractivity contribution in [1.82, 2.24) is 10.3 Å². The number of anilines is 1. The number of rotatable bonds is 5. The van der Waals surface area contributed by atoms with E-state index in [0.717, 1.165) is 17.0 Å². The van der Waals surface area contributed by atoms with Gasteiger partial charge in [0.1, 0.15) is 12.4 Å². The molecule has 2 aromatic rings. The van der Waals surface area contributed by atoms with E-state index in [1.807, 2.05) is 50.2 Å². The van der Waals surface area contributed by atoms with Gasteiger partial charge in [0.25, 0.3) is 0 Å². The molecule has 0 spiro atoms. The Labute approximate surface area is 130 Å². The van der Waals surface area contributed by atoms with Crippen LogP contribution in [0, 0.1) is 6.92 Å². The van der Waals surface area contributed by atoms with Gasteiger partial charge in [0, 0.05) is 18.1 Å². The van der Waals surface area contributed by atoms with Gasteiger partial charge >= 0.3 is 0 Å². The molecular weight excluding hydrogens is 282 g/mol. The summed E-state index contributed by atoms with van der Waals surface area (Å²) >= 11 is 5.27. The highest BCUT2D eigenvalue weighted by Gasteiger charge is 2.06. The number of ether oxygens (including phenoxy) is 1. The van der Waals surface area contributed by atoms with Crippen LogP contribution in [0.4, 0.5) is 5.69 Å². The lowest BCUT2D eigenvalue weighted by molar-refractivity contribution is 0.285. The Morgan fingerprint density at radius 3 is 2.67 bits per heavy atom. The number of nitrogens with one attached hydrogen (secondary N) is 2. The molecule has 0 saturated heterocycles. The van der Waals surface area contributed by atoms with Crippen molar-refractivity contribution in [3.63, 3.8) is 0 Å². The minimum Gasteiger partial charge on any atom is -0.491 e. The van der Waals surface area contributed by atoms with Gasteiger partial charge in [-0.3, -0.25) is 4.98 Å². The largest absolute Gasteiger partial charge is 0.491 e. The number of hydrogen-bond acceptors (Lipinski definition) is 3. The molecule has 110 valence electrons. The fourth-order valence-electron chi connectivity index (χ4n) is 1.80. The average Bonchev–Trinajstić information content (AvgIpc) is 2.47. The number of aromatic nitrogens is 1. The Balaban J connectivity index is 1.78. The monoisotopic (exact) mass is 301 g/mol. The number of hydrogen-bond donors (Lipinski definition) is 2. The van der Waals surface area contributed by atoms with Crippen molar-refractivity contribution in [1.29, 1.82) is 0 Å². The van der Waals surface area contributed by atoms with Crippen LogP contribution in [0.25, 0.3) is 0 Å². The fraction of sp³-hybridized carbons (Fsp3) is 0.250. The van der Waals surface area contributed by atoms with Crippen molar-refractivity contribution >= 4 is 23.0 Å². The molecule has 5 heteroatoms. The number of aryl methyl sites for hydroxylation is 1. The van der Waals surface area contributed by atoms with Crippen molar-refractivity contribution in [3.05, 3.63) is 54.4 Å². The van der Waals surface area contributed by atoms with Crippen LogP contribution >= 0.6 is 12.2 Å². The summed E-state index contributed by atoms with van der Waals surface area (Å²) in [6.45, 7) is 4.60.